The zero-order valence-corrected chi connectivity index (χ0v) is 15.3. The summed E-state index contributed by atoms with van der Waals surface area (Å²) in [5.41, 5.74) is 1.51. The van der Waals surface area contributed by atoms with Gasteiger partial charge in [0.2, 0.25) is 5.88 Å². The molecule has 3 aliphatic rings. The molecule has 7 heteroatoms. The van der Waals surface area contributed by atoms with Gasteiger partial charge in [0.25, 0.3) is 0 Å². The summed E-state index contributed by atoms with van der Waals surface area (Å²) in [6.07, 6.45) is 7.30. The Bertz CT molecular complexity index is 868. The van der Waals surface area contributed by atoms with Crippen molar-refractivity contribution in [3.05, 3.63) is 35.1 Å². The van der Waals surface area contributed by atoms with E-state index >= 15 is 0 Å². The Morgan fingerprint density at radius 3 is 2.62 bits per heavy atom. The second-order valence-electron chi connectivity index (χ2n) is 7.50. The second-order valence-corrected chi connectivity index (χ2v) is 7.86. The number of nitrogens with zero attached hydrogens (tertiary/aromatic N) is 3. The Balaban J connectivity index is 1.26. The van der Waals surface area contributed by atoms with E-state index in [0.29, 0.717) is 29.1 Å². The quantitative estimate of drug-likeness (QED) is 0.571. The van der Waals surface area contributed by atoms with Gasteiger partial charge < -0.3 is 9.47 Å². The number of rotatable bonds is 6. The maximum Gasteiger partial charge on any atom is 0.341 e. The van der Waals surface area contributed by atoms with E-state index in [1.54, 1.807) is 29.9 Å². The molecule has 0 radical (unpaired) electrons. The van der Waals surface area contributed by atoms with Crippen molar-refractivity contribution in [2.24, 2.45) is 16.7 Å². The van der Waals surface area contributed by atoms with E-state index in [1.165, 1.54) is 25.7 Å². The monoisotopic (exact) mass is 373 g/mol. The molecule has 0 aromatic carbocycles. The molecule has 3 aliphatic carbocycles. The molecule has 2 spiro atoms. The summed E-state index contributed by atoms with van der Waals surface area (Å²) >= 11 is 6.12. The molecule has 0 saturated heterocycles. The molecule has 0 atom stereocenters. The molecule has 3 saturated carbocycles. The Kier molecular flexibility index (Phi) is 3.38. The van der Waals surface area contributed by atoms with Crippen LogP contribution in [-0.4, -0.2) is 33.9 Å². The van der Waals surface area contributed by atoms with Crippen LogP contribution in [0.5, 0.6) is 5.88 Å². The van der Waals surface area contributed by atoms with Crippen molar-refractivity contribution in [2.45, 2.75) is 32.6 Å². The Hall–Kier alpha value is -2.08. The smallest absolute Gasteiger partial charge is 0.341 e. The van der Waals surface area contributed by atoms with Gasteiger partial charge in [-0.15, -0.1) is 5.10 Å². The third kappa shape index (κ3) is 2.28. The van der Waals surface area contributed by atoms with E-state index in [-0.39, 0.29) is 10.7 Å². The number of aromatic nitrogens is 3. The Morgan fingerprint density at radius 1 is 1.27 bits per heavy atom. The topological polar surface area (TPSA) is 66.2 Å². The number of pyridine rings is 1. The van der Waals surface area contributed by atoms with Crippen LogP contribution in [-0.2, 0) is 4.74 Å². The molecule has 0 amide bonds. The number of ether oxygens (including phenoxy) is 2. The van der Waals surface area contributed by atoms with Gasteiger partial charge in [0.15, 0.2) is 5.82 Å². The third-order valence-electron chi connectivity index (χ3n) is 6.35. The molecule has 0 bridgehead atoms. The van der Waals surface area contributed by atoms with E-state index in [2.05, 4.69) is 10.1 Å². The summed E-state index contributed by atoms with van der Waals surface area (Å²) in [4.78, 5) is 16.0. The average Bonchev–Trinajstić information content (AvgIpc) is 3.57. The summed E-state index contributed by atoms with van der Waals surface area (Å²) in [5.74, 6) is 1.36. The van der Waals surface area contributed by atoms with E-state index in [1.807, 2.05) is 6.07 Å². The molecule has 5 rings (SSSR count). The molecule has 0 aliphatic heterocycles. The van der Waals surface area contributed by atoms with Gasteiger partial charge in [0.1, 0.15) is 5.15 Å². The van der Waals surface area contributed by atoms with Gasteiger partial charge in [-0.3, -0.25) is 0 Å². The number of hydrogen-bond donors (Lipinski definition) is 0. The van der Waals surface area contributed by atoms with Crippen LogP contribution >= 0.6 is 11.6 Å². The first kappa shape index (κ1) is 16.1. The predicted octanol–water partition coefficient (Wildman–Crippen LogP) is 3.67. The fraction of sp³-hybridized carbons (Fsp3) is 0.526. The standard InChI is InChI=1S/C19H20ClN3O3/c1-2-25-17(24)12-3-4-14(21-16(12)20)23-10-5-15(22-23)26-11-13-18(6-7-18)19(13)8-9-19/h3-5,10,13H,2,6-9,11H2,1H3. The highest BCUT2D eigenvalue weighted by molar-refractivity contribution is 6.32. The zero-order valence-electron chi connectivity index (χ0n) is 14.6. The van der Waals surface area contributed by atoms with Crippen LogP contribution in [0.15, 0.2) is 24.4 Å². The fourth-order valence-electron chi connectivity index (χ4n) is 4.72. The lowest BCUT2D eigenvalue weighted by Gasteiger charge is -2.06. The van der Waals surface area contributed by atoms with Crippen molar-refractivity contribution in [2.75, 3.05) is 13.2 Å². The van der Waals surface area contributed by atoms with Crippen LogP contribution in [0.1, 0.15) is 43.0 Å². The molecular weight excluding hydrogens is 354 g/mol. The van der Waals surface area contributed by atoms with Gasteiger partial charge in [0.05, 0.1) is 18.8 Å². The minimum absolute atomic E-state index is 0.100. The Morgan fingerprint density at radius 2 is 2.00 bits per heavy atom. The second kappa shape index (κ2) is 5.46. The lowest BCUT2D eigenvalue weighted by atomic mass is 10.3. The minimum Gasteiger partial charge on any atom is -0.476 e. The highest BCUT2D eigenvalue weighted by atomic mass is 35.5. The van der Waals surface area contributed by atoms with E-state index < -0.39 is 5.97 Å². The highest BCUT2D eigenvalue weighted by Gasteiger charge is 2.86. The molecule has 2 heterocycles. The number of fused-ring (bicyclic) bond motifs is 1. The first-order chi connectivity index (χ1) is 12.6. The number of hydrogen-bond acceptors (Lipinski definition) is 5. The summed E-state index contributed by atoms with van der Waals surface area (Å²) < 4.78 is 12.5. The van der Waals surface area contributed by atoms with Crippen molar-refractivity contribution in [3.63, 3.8) is 0 Å². The maximum absolute atomic E-state index is 11.8. The lowest BCUT2D eigenvalue weighted by molar-refractivity contribution is 0.0526. The molecule has 2 aromatic heterocycles. The van der Waals surface area contributed by atoms with Crippen LogP contribution < -0.4 is 4.74 Å². The SMILES string of the molecule is CCOC(=O)c1ccc(-n2ccc(OCC3C4(CC4)C34CC4)n2)nc1Cl. The zero-order chi connectivity index (χ0) is 17.9. The normalized spacial score (nSPS) is 21.0. The van der Waals surface area contributed by atoms with Crippen LogP contribution in [0.2, 0.25) is 5.15 Å². The van der Waals surface area contributed by atoms with Crippen LogP contribution in [0.3, 0.4) is 0 Å². The van der Waals surface area contributed by atoms with Crippen molar-refractivity contribution >= 4 is 17.6 Å². The number of halogens is 1. The molecule has 26 heavy (non-hydrogen) atoms. The molecule has 0 N–H and O–H groups in total. The summed E-state index contributed by atoms with van der Waals surface area (Å²) in [5, 5.41) is 4.53. The van der Waals surface area contributed by atoms with Gasteiger partial charge in [-0.25, -0.2) is 14.5 Å². The summed E-state index contributed by atoms with van der Waals surface area (Å²) in [7, 11) is 0. The molecule has 136 valence electrons. The fourth-order valence-corrected chi connectivity index (χ4v) is 4.94. The van der Waals surface area contributed by atoms with Gasteiger partial charge in [-0.1, -0.05) is 11.6 Å². The highest BCUT2D eigenvalue weighted by Crippen LogP contribution is 2.92. The Labute approximate surface area is 156 Å². The largest absolute Gasteiger partial charge is 0.476 e. The molecule has 3 fully saturated rings. The van der Waals surface area contributed by atoms with E-state index in [9.17, 15) is 4.79 Å². The third-order valence-corrected chi connectivity index (χ3v) is 6.63. The van der Waals surface area contributed by atoms with Crippen LogP contribution in [0, 0.1) is 16.7 Å². The maximum atomic E-state index is 11.8. The molecular formula is C19H20ClN3O3. The first-order valence-electron chi connectivity index (χ1n) is 9.12. The van der Waals surface area contributed by atoms with E-state index in [4.69, 9.17) is 21.1 Å². The molecule has 2 aromatic rings. The van der Waals surface area contributed by atoms with Gasteiger partial charge in [-0.2, -0.15) is 0 Å². The number of esters is 1. The van der Waals surface area contributed by atoms with E-state index in [0.717, 1.165) is 12.5 Å². The lowest BCUT2D eigenvalue weighted by Crippen LogP contribution is -2.08. The minimum atomic E-state index is -0.478. The van der Waals surface area contributed by atoms with Crippen LogP contribution in [0.25, 0.3) is 5.82 Å². The average molecular weight is 374 g/mol. The molecule has 0 unspecified atom stereocenters. The van der Waals surface area contributed by atoms with Gasteiger partial charge in [-0.05, 0) is 55.6 Å². The number of carbonyl (C=O) groups is 1. The van der Waals surface area contributed by atoms with Crippen molar-refractivity contribution < 1.29 is 14.3 Å². The summed E-state index contributed by atoms with van der Waals surface area (Å²) in [6, 6.07) is 5.12. The van der Waals surface area contributed by atoms with Crippen molar-refractivity contribution in [1.82, 2.24) is 14.8 Å². The predicted molar refractivity (Wildman–Crippen MR) is 94.6 cm³/mol. The summed E-state index contributed by atoms with van der Waals surface area (Å²) in [6.45, 7) is 2.80. The van der Waals surface area contributed by atoms with Crippen molar-refractivity contribution in [1.29, 1.82) is 0 Å². The van der Waals surface area contributed by atoms with Gasteiger partial charge >= 0.3 is 5.97 Å². The van der Waals surface area contributed by atoms with Crippen molar-refractivity contribution in [3.8, 4) is 11.7 Å². The number of carbonyl (C=O) groups excluding carboxylic acids is 1. The first-order valence-corrected chi connectivity index (χ1v) is 9.50. The molecule has 6 nitrogen and oxygen atoms in total. The van der Waals surface area contributed by atoms with Gasteiger partial charge in [0, 0.05) is 18.2 Å². The van der Waals surface area contributed by atoms with Crippen LogP contribution in [0.4, 0.5) is 0 Å².